The van der Waals surface area contributed by atoms with Crippen LogP contribution in [0.15, 0.2) is 97.1 Å². The second-order valence-corrected chi connectivity index (χ2v) is 11.0. The number of likely N-dealkylation sites (tertiary alicyclic amines) is 1. The van der Waals surface area contributed by atoms with Crippen molar-refractivity contribution in [3.8, 4) is 11.5 Å². The van der Waals surface area contributed by atoms with Crippen molar-refractivity contribution in [2.24, 2.45) is 5.92 Å². The van der Waals surface area contributed by atoms with Crippen molar-refractivity contribution in [3.05, 3.63) is 124 Å². The van der Waals surface area contributed by atoms with Gasteiger partial charge in [-0.3, -0.25) is 14.5 Å². The van der Waals surface area contributed by atoms with Crippen molar-refractivity contribution >= 4 is 29.0 Å². The van der Waals surface area contributed by atoms with Crippen LogP contribution >= 0.6 is 11.6 Å². The van der Waals surface area contributed by atoms with E-state index in [0.29, 0.717) is 35.2 Å². The van der Waals surface area contributed by atoms with E-state index in [1.807, 2.05) is 104 Å². The number of ketones is 1. The Balaban J connectivity index is 1.56. The van der Waals surface area contributed by atoms with Crippen LogP contribution in [0.4, 0.5) is 5.69 Å². The van der Waals surface area contributed by atoms with Gasteiger partial charge in [-0.05, 0) is 36.4 Å². The molecule has 7 heteroatoms. The predicted octanol–water partition coefficient (Wildman–Crippen LogP) is 6.33. The summed E-state index contributed by atoms with van der Waals surface area (Å²) < 4.78 is 11.3. The Morgan fingerprint density at radius 2 is 1.63 bits per heavy atom. The molecule has 3 atom stereocenters. The van der Waals surface area contributed by atoms with E-state index < -0.39 is 11.5 Å². The van der Waals surface area contributed by atoms with Gasteiger partial charge < -0.3 is 14.4 Å². The lowest BCUT2D eigenvalue weighted by atomic mass is 9.70. The molecule has 4 aromatic rings. The molecule has 1 saturated heterocycles. The van der Waals surface area contributed by atoms with Gasteiger partial charge in [-0.15, -0.1) is 0 Å². The highest BCUT2D eigenvalue weighted by Gasteiger charge is 2.66. The zero-order chi connectivity index (χ0) is 28.7. The van der Waals surface area contributed by atoms with Crippen molar-refractivity contribution in [2.45, 2.75) is 18.0 Å². The monoisotopic (exact) mass is 566 g/mol. The zero-order valence-electron chi connectivity index (χ0n) is 23.2. The van der Waals surface area contributed by atoms with Crippen LogP contribution in [0.25, 0.3) is 0 Å². The Morgan fingerprint density at radius 3 is 2.37 bits per heavy atom. The van der Waals surface area contributed by atoms with Gasteiger partial charge in [0.25, 0.3) is 5.91 Å². The van der Waals surface area contributed by atoms with E-state index in [9.17, 15) is 9.59 Å². The normalized spacial score (nSPS) is 21.8. The molecule has 0 unspecified atom stereocenters. The molecular weight excluding hydrogens is 536 g/mol. The number of fused-ring (bicyclic) bond motifs is 2. The van der Waals surface area contributed by atoms with E-state index in [-0.39, 0.29) is 17.6 Å². The van der Waals surface area contributed by atoms with Crippen molar-refractivity contribution in [2.75, 3.05) is 32.7 Å². The summed E-state index contributed by atoms with van der Waals surface area (Å²) in [6.45, 7) is 0.778. The molecular formula is C34H31ClN2O4. The van der Waals surface area contributed by atoms with Crippen LogP contribution in [0.5, 0.6) is 11.5 Å². The molecule has 4 aromatic carbocycles. The number of nitrogens with zero attached hydrogens (tertiary/aromatic N) is 2. The molecule has 208 valence electrons. The number of hydrogen-bond donors (Lipinski definition) is 0. The van der Waals surface area contributed by atoms with E-state index in [1.165, 1.54) is 0 Å². The number of benzene rings is 4. The van der Waals surface area contributed by atoms with E-state index in [1.54, 1.807) is 19.1 Å². The summed E-state index contributed by atoms with van der Waals surface area (Å²) in [5.74, 6) is 0.0157. The first-order valence-corrected chi connectivity index (χ1v) is 14.0. The molecule has 41 heavy (non-hydrogen) atoms. The molecule has 2 aliphatic heterocycles. The Labute approximate surface area is 245 Å². The fourth-order valence-corrected chi connectivity index (χ4v) is 6.91. The molecule has 0 radical (unpaired) electrons. The Morgan fingerprint density at radius 1 is 0.927 bits per heavy atom. The molecule has 1 amide bonds. The summed E-state index contributed by atoms with van der Waals surface area (Å²) in [6.07, 6.45) is 0. The van der Waals surface area contributed by atoms with E-state index in [2.05, 4.69) is 4.90 Å². The second kappa shape index (κ2) is 10.7. The first-order chi connectivity index (χ1) is 19.9. The van der Waals surface area contributed by atoms with Gasteiger partial charge in [-0.2, -0.15) is 0 Å². The molecule has 2 heterocycles. The highest BCUT2D eigenvalue weighted by molar-refractivity contribution is 6.31. The molecule has 6 rings (SSSR count). The number of amides is 1. The maximum absolute atomic E-state index is 14.9. The Kier molecular flexibility index (Phi) is 7.06. The highest BCUT2D eigenvalue weighted by Crippen LogP contribution is 2.58. The molecule has 2 aliphatic rings. The standard InChI is InChI=1S/C34H31ClN2O4/c1-36-21-26(25-18-17-24(40-2)19-30(25)41-3)31(32(38)22-11-5-4-6-12-22)34(36)27-14-8-10-16-29(27)37(33(34)39)20-23-13-7-9-15-28(23)35/h4-19,26,31H,20-21H2,1-3H3/t26-,31+,34+/m0/s1. The largest absolute Gasteiger partial charge is 0.497 e. The molecule has 0 bridgehead atoms. The smallest absolute Gasteiger partial charge is 0.253 e. The van der Waals surface area contributed by atoms with Crippen LogP contribution < -0.4 is 14.4 Å². The van der Waals surface area contributed by atoms with Gasteiger partial charge in [-0.1, -0.05) is 84.4 Å². The number of methoxy groups -OCH3 is 2. The van der Waals surface area contributed by atoms with Gasteiger partial charge >= 0.3 is 0 Å². The molecule has 6 nitrogen and oxygen atoms in total. The summed E-state index contributed by atoms with van der Waals surface area (Å²) in [6, 6.07) is 30.3. The molecule has 0 saturated carbocycles. The lowest BCUT2D eigenvalue weighted by molar-refractivity contribution is -0.129. The van der Waals surface area contributed by atoms with E-state index in [4.69, 9.17) is 21.1 Å². The topological polar surface area (TPSA) is 59.1 Å². The van der Waals surface area contributed by atoms with Crippen LogP contribution in [0, 0.1) is 5.92 Å². The first kappa shape index (κ1) is 27.1. The van der Waals surface area contributed by atoms with Gasteiger partial charge in [0, 0.05) is 40.4 Å². The molecule has 0 aromatic heterocycles. The van der Waals surface area contributed by atoms with Crippen LogP contribution in [0.3, 0.4) is 0 Å². The number of para-hydroxylation sites is 1. The van der Waals surface area contributed by atoms with Crippen LogP contribution in [-0.2, 0) is 16.9 Å². The molecule has 0 N–H and O–H groups in total. The first-order valence-electron chi connectivity index (χ1n) is 13.6. The average molecular weight is 567 g/mol. The van der Waals surface area contributed by atoms with E-state index in [0.717, 1.165) is 22.4 Å². The zero-order valence-corrected chi connectivity index (χ0v) is 24.0. The van der Waals surface area contributed by atoms with Crippen LogP contribution in [0.2, 0.25) is 5.02 Å². The number of carbonyl (C=O) groups is 2. The summed E-state index contributed by atoms with van der Waals surface area (Å²) >= 11 is 6.55. The second-order valence-electron chi connectivity index (χ2n) is 10.6. The van der Waals surface area contributed by atoms with Gasteiger partial charge in [0.15, 0.2) is 5.78 Å². The van der Waals surface area contributed by atoms with Crippen LogP contribution in [0.1, 0.15) is 33.0 Å². The quantitative estimate of drug-likeness (QED) is 0.245. The minimum atomic E-state index is -1.22. The van der Waals surface area contributed by atoms with Gasteiger partial charge in [0.1, 0.15) is 17.0 Å². The minimum Gasteiger partial charge on any atom is -0.497 e. The van der Waals surface area contributed by atoms with Gasteiger partial charge in [0.2, 0.25) is 0 Å². The lowest BCUT2D eigenvalue weighted by Crippen LogP contribution is -2.53. The predicted molar refractivity (Wildman–Crippen MR) is 160 cm³/mol. The minimum absolute atomic E-state index is 0.0828. The Bertz CT molecular complexity index is 1620. The summed E-state index contributed by atoms with van der Waals surface area (Å²) in [7, 11) is 5.16. The fraction of sp³-hybridized carbons (Fsp3) is 0.235. The van der Waals surface area contributed by atoms with Crippen molar-refractivity contribution in [1.29, 1.82) is 0 Å². The average Bonchev–Trinajstić information content (AvgIpc) is 3.45. The van der Waals surface area contributed by atoms with E-state index >= 15 is 0 Å². The lowest BCUT2D eigenvalue weighted by Gasteiger charge is -2.36. The SMILES string of the molecule is COc1ccc([C@@H]2CN(C)[C@@]3(C(=O)N(Cc4ccccc4Cl)c4ccccc43)[C@H]2C(=O)c2ccccc2)c(OC)c1. The summed E-state index contributed by atoms with van der Waals surface area (Å²) in [4.78, 5) is 33.4. The number of hydrogen-bond acceptors (Lipinski definition) is 5. The maximum atomic E-state index is 14.9. The number of Topliss-reactive ketones (excluding diaryl/α,β-unsaturated/α-hetero) is 1. The molecule has 1 fully saturated rings. The van der Waals surface area contributed by atoms with Gasteiger partial charge in [0.05, 0.1) is 26.7 Å². The number of rotatable bonds is 7. The number of ether oxygens (including phenoxy) is 2. The van der Waals surface area contributed by atoms with Crippen LogP contribution in [-0.4, -0.2) is 44.4 Å². The van der Waals surface area contributed by atoms with Crippen molar-refractivity contribution in [1.82, 2.24) is 4.90 Å². The van der Waals surface area contributed by atoms with Gasteiger partial charge in [-0.25, -0.2) is 0 Å². The fourth-order valence-electron chi connectivity index (χ4n) is 6.72. The number of halogens is 1. The number of anilines is 1. The summed E-state index contributed by atoms with van der Waals surface area (Å²) in [5.41, 5.74) is 2.66. The Hall–Kier alpha value is -4.13. The number of carbonyl (C=O) groups excluding carboxylic acids is 2. The third kappa shape index (κ3) is 4.21. The molecule has 0 aliphatic carbocycles. The highest BCUT2D eigenvalue weighted by atomic mass is 35.5. The maximum Gasteiger partial charge on any atom is 0.253 e. The van der Waals surface area contributed by atoms with Crippen molar-refractivity contribution in [3.63, 3.8) is 0 Å². The summed E-state index contributed by atoms with van der Waals surface area (Å²) in [5, 5.41) is 0.594. The third-order valence-corrected chi connectivity index (χ3v) is 8.94. The van der Waals surface area contributed by atoms with Crippen molar-refractivity contribution < 1.29 is 19.1 Å². The number of likely N-dealkylation sites (N-methyl/N-ethyl adjacent to an activating group) is 1. The third-order valence-electron chi connectivity index (χ3n) is 8.57. The molecule has 1 spiro atoms.